The molecule has 0 saturated carbocycles. The molecule has 1 aromatic carbocycles. The maximum absolute atomic E-state index is 10.9. The largest absolute Gasteiger partial charge is 0.497 e. The first-order chi connectivity index (χ1) is 11.5. The van der Waals surface area contributed by atoms with Gasteiger partial charge in [0.2, 0.25) is 0 Å². The molecular weight excluding hydrogens is 312 g/mol. The summed E-state index contributed by atoms with van der Waals surface area (Å²) in [6.45, 7) is 0. The molecule has 24 heavy (non-hydrogen) atoms. The van der Waals surface area contributed by atoms with Crippen LogP contribution in [0.1, 0.15) is 20.7 Å². The highest BCUT2D eigenvalue weighted by atomic mass is 16.5. The lowest BCUT2D eigenvalue weighted by Crippen LogP contribution is -1.98. The number of aromatic nitrogens is 2. The maximum Gasteiger partial charge on any atom is 0.337 e. The minimum atomic E-state index is -0.962. The fourth-order valence-corrected chi connectivity index (χ4v) is 1.93. The van der Waals surface area contributed by atoms with E-state index in [4.69, 9.17) is 14.9 Å². The molecule has 0 unspecified atom stereocenters. The molecule has 0 spiro atoms. The second-order valence-corrected chi connectivity index (χ2v) is 4.59. The first kappa shape index (κ1) is 16.9. The van der Waals surface area contributed by atoms with Crippen molar-refractivity contribution in [3.63, 3.8) is 0 Å². The van der Waals surface area contributed by atoms with Crippen molar-refractivity contribution in [2.75, 3.05) is 7.11 Å². The summed E-state index contributed by atoms with van der Waals surface area (Å²) in [7, 11) is 1.54. The van der Waals surface area contributed by atoms with Crippen LogP contribution in [0.2, 0.25) is 0 Å². The molecule has 0 radical (unpaired) electrons. The van der Waals surface area contributed by atoms with Gasteiger partial charge in [0.1, 0.15) is 5.75 Å². The number of carboxylic acid groups (broad SMARTS) is 2. The Bertz CT molecular complexity index is 865. The van der Waals surface area contributed by atoms with Crippen LogP contribution in [0.3, 0.4) is 0 Å². The van der Waals surface area contributed by atoms with Crippen LogP contribution < -0.4 is 4.74 Å². The number of hydrogen-bond donors (Lipinski definition) is 2. The standard InChI is InChI=1S/C11H9NO3.C6H5NO2/c1-15-7-2-3-10-9(6-7)8(11(13)14)4-5-12-10;8-6(9)5-2-1-3-7-4-5/h2-6H,1H3,(H,13,14);1-4H,(H,8,9). The number of nitrogens with zero attached hydrogens (tertiary/aromatic N) is 2. The number of benzene rings is 1. The number of aromatic carboxylic acids is 2. The van der Waals surface area contributed by atoms with E-state index < -0.39 is 11.9 Å². The fourth-order valence-electron chi connectivity index (χ4n) is 1.93. The van der Waals surface area contributed by atoms with E-state index in [2.05, 4.69) is 9.97 Å². The summed E-state index contributed by atoms with van der Waals surface area (Å²) in [5.74, 6) is -1.28. The van der Waals surface area contributed by atoms with Crippen LogP contribution in [0.4, 0.5) is 0 Å². The average molecular weight is 326 g/mol. The molecule has 0 fully saturated rings. The third kappa shape index (κ3) is 4.04. The highest BCUT2D eigenvalue weighted by Crippen LogP contribution is 2.22. The lowest BCUT2D eigenvalue weighted by molar-refractivity contribution is 0.0686. The normalized spacial score (nSPS) is 9.71. The van der Waals surface area contributed by atoms with Gasteiger partial charge in [-0.25, -0.2) is 9.59 Å². The third-order valence-corrected chi connectivity index (χ3v) is 3.09. The van der Waals surface area contributed by atoms with Crippen molar-refractivity contribution in [1.29, 1.82) is 0 Å². The predicted octanol–water partition coefficient (Wildman–Crippen LogP) is 2.72. The van der Waals surface area contributed by atoms with E-state index in [0.29, 0.717) is 16.7 Å². The lowest BCUT2D eigenvalue weighted by Gasteiger charge is -2.04. The summed E-state index contributed by atoms with van der Waals surface area (Å²) in [6.07, 6.45) is 4.33. The van der Waals surface area contributed by atoms with E-state index in [-0.39, 0.29) is 11.1 Å². The molecule has 0 atom stereocenters. The van der Waals surface area contributed by atoms with Crippen molar-refractivity contribution >= 4 is 22.8 Å². The molecule has 0 aliphatic carbocycles. The molecule has 3 rings (SSSR count). The van der Waals surface area contributed by atoms with Crippen LogP contribution in [0.15, 0.2) is 55.0 Å². The minimum Gasteiger partial charge on any atom is -0.497 e. The van der Waals surface area contributed by atoms with Crippen LogP contribution in [0.25, 0.3) is 10.9 Å². The van der Waals surface area contributed by atoms with E-state index in [0.717, 1.165) is 0 Å². The van der Waals surface area contributed by atoms with E-state index in [1.54, 1.807) is 24.3 Å². The Balaban J connectivity index is 0.000000198. The van der Waals surface area contributed by atoms with Gasteiger partial charge in [-0.15, -0.1) is 0 Å². The van der Waals surface area contributed by atoms with Crippen LogP contribution >= 0.6 is 0 Å². The summed E-state index contributed by atoms with van der Waals surface area (Å²) in [4.78, 5) is 28.8. The molecule has 2 heterocycles. The molecule has 0 bridgehead atoms. The average Bonchev–Trinajstić information content (AvgIpc) is 2.61. The van der Waals surface area contributed by atoms with Crippen molar-refractivity contribution in [1.82, 2.24) is 9.97 Å². The Hall–Kier alpha value is -3.48. The summed E-state index contributed by atoms with van der Waals surface area (Å²) in [6, 6.07) is 9.72. The number of carbonyl (C=O) groups is 2. The zero-order valence-corrected chi connectivity index (χ0v) is 12.7. The number of ether oxygens (including phenoxy) is 1. The van der Waals surface area contributed by atoms with Crippen LogP contribution in [-0.4, -0.2) is 39.2 Å². The molecule has 7 nitrogen and oxygen atoms in total. The zero-order valence-electron chi connectivity index (χ0n) is 12.7. The summed E-state index contributed by atoms with van der Waals surface area (Å²) < 4.78 is 5.04. The monoisotopic (exact) mass is 326 g/mol. The van der Waals surface area contributed by atoms with Crippen LogP contribution in [-0.2, 0) is 0 Å². The Morgan fingerprint density at radius 3 is 2.38 bits per heavy atom. The van der Waals surface area contributed by atoms with Crippen LogP contribution in [0.5, 0.6) is 5.75 Å². The van der Waals surface area contributed by atoms with Gasteiger partial charge >= 0.3 is 11.9 Å². The van der Waals surface area contributed by atoms with Gasteiger partial charge in [-0.05, 0) is 36.4 Å². The van der Waals surface area contributed by atoms with Gasteiger partial charge in [0.05, 0.1) is 23.8 Å². The quantitative estimate of drug-likeness (QED) is 0.761. The van der Waals surface area contributed by atoms with Gasteiger partial charge in [-0.1, -0.05) is 0 Å². The molecule has 3 aromatic rings. The number of rotatable bonds is 3. The van der Waals surface area contributed by atoms with Crippen molar-refractivity contribution in [2.24, 2.45) is 0 Å². The highest BCUT2D eigenvalue weighted by molar-refractivity contribution is 6.02. The van der Waals surface area contributed by atoms with E-state index in [1.165, 1.54) is 37.8 Å². The fraction of sp³-hybridized carbons (Fsp3) is 0.0588. The van der Waals surface area contributed by atoms with Gasteiger partial charge < -0.3 is 14.9 Å². The van der Waals surface area contributed by atoms with Crippen molar-refractivity contribution < 1.29 is 24.5 Å². The molecule has 2 N–H and O–H groups in total. The first-order valence-corrected chi connectivity index (χ1v) is 6.82. The molecule has 0 aliphatic heterocycles. The van der Waals surface area contributed by atoms with Crippen molar-refractivity contribution in [2.45, 2.75) is 0 Å². The second kappa shape index (κ2) is 7.68. The van der Waals surface area contributed by atoms with E-state index >= 15 is 0 Å². The van der Waals surface area contributed by atoms with Gasteiger partial charge in [0.15, 0.2) is 0 Å². The number of methoxy groups -OCH3 is 1. The number of pyridine rings is 2. The summed E-state index contributed by atoms with van der Waals surface area (Å²) in [5, 5.41) is 17.9. The summed E-state index contributed by atoms with van der Waals surface area (Å²) in [5.41, 5.74) is 1.10. The molecule has 0 amide bonds. The van der Waals surface area contributed by atoms with Gasteiger partial charge in [-0.3, -0.25) is 9.97 Å². The molecule has 0 saturated heterocycles. The Morgan fingerprint density at radius 2 is 1.83 bits per heavy atom. The predicted molar refractivity (Wildman–Crippen MR) is 86.5 cm³/mol. The number of fused-ring (bicyclic) bond motifs is 1. The van der Waals surface area contributed by atoms with Gasteiger partial charge in [-0.2, -0.15) is 0 Å². The minimum absolute atomic E-state index is 0.220. The van der Waals surface area contributed by atoms with Crippen molar-refractivity contribution in [3.05, 3.63) is 66.1 Å². The second-order valence-electron chi connectivity index (χ2n) is 4.59. The topological polar surface area (TPSA) is 110 Å². The SMILES string of the molecule is COc1ccc2nccc(C(=O)O)c2c1.O=C(O)c1cccnc1. The number of carboxylic acids is 2. The van der Waals surface area contributed by atoms with E-state index in [9.17, 15) is 9.59 Å². The zero-order chi connectivity index (χ0) is 17.5. The summed E-state index contributed by atoms with van der Waals surface area (Å²) >= 11 is 0. The number of hydrogen-bond acceptors (Lipinski definition) is 5. The van der Waals surface area contributed by atoms with Crippen molar-refractivity contribution in [3.8, 4) is 5.75 Å². The Morgan fingerprint density at radius 1 is 1.04 bits per heavy atom. The van der Waals surface area contributed by atoms with Gasteiger partial charge in [0, 0.05) is 24.0 Å². The lowest BCUT2D eigenvalue weighted by atomic mass is 10.1. The smallest absolute Gasteiger partial charge is 0.337 e. The third-order valence-electron chi connectivity index (χ3n) is 3.09. The molecule has 7 heteroatoms. The Labute approximate surface area is 137 Å². The molecule has 2 aromatic heterocycles. The van der Waals surface area contributed by atoms with Gasteiger partial charge in [0.25, 0.3) is 0 Å². The molecule has 0 aliphatic rings. The highest BCUT2D eigenvalue weighted by Gasteiger charge is 2.09. The molecule has 122 valence electrons. The molecular formula is C17H14N2O5. The van der Waals surface area contributed by atoms with Crippen LogP contribution in [0, 0.1) is 0 Å². The first-order valence-electron chi connectivity index (χ1n) is 6.82. The maximum atomic E-state index is 10.9. The Kier molecular flexibility index (Phi) is 5.40. The van der Waals surface area contributed by atoms with E-state index in [1.807, 2.05) is 0 Å².